The van der Waals surface area contributed by atoms with Crippen LogP contribution in [0.3, 0.4) is 0 Å². The van der Waals surface area contributed by atoms with E-state index in [9.17, 15) is 4.79 Å². The standard InChI is InChI=1S/C19H24N4O3/c1-12(16-5-4-6-18(23-16)26-3)22-19(24)13-7-8-15(17(9-13)25-2)14-10-20-21-11-14/h4-9,12,14,20-21H,10-11H2,1-3H3,(H,22,24). The number of hydrazine groups is 1. The van der Waals surface area contributed by atoms with Crippen LogP contribution in [0.5, 0.6) is 11.6 Å². The van der Waals surface area contributed by atoms with E-state index in [1.165, 1.54) is 0 Å². The van der Waals surface area contributed by atoms with Crippen LogP contribution < -0.4 is 25.6 Å². The maximum Gasteiger partial charge on any atom is 0.251 e. The molecule has 7 nitrogen and oxygen atoms in total. The second-order valence-electron chi connectivity index (χ2n) is 6.22. The molecule has 1 atom stereocenters. The first-order valence-corrected chi connectivity index (χ1v) is 8.58. The molecular formula is C19H24N4O3. The molecule has 26 heavy (non-hydrogen) atoms. The Balaban J connectivity index is 1.74. The fourth-order valence-corrected chi connectivity index (χ4v) is 3.01. The molecule has 2 aromatic rings. The van der Waals surface area contributed by atoms with Crippen LogP contribution in [0.25, 0.3) is 0 Å². The van der Waals surface area contributed by atoms with Gasteiger partial charge in [-0.2, -0.15) is 0 Å². The molecule has 1 aromatic heterocycles. The highest BCUT2D eigenvalue weighted by Gasteiger charge is 2.21. The molecule has 0 bridgehead atoms. The quantitative estimate of drug-likeness (QED) is 0.732. The minimum Gasteiger partial charge on any atom is -0.496 e. The zero-order valence-corrected chi connectivity index (χ0v) is 15.2. The summed E-state index contributed by atoms with van der Waals surface area (Å²) in [5.41, 5.74) is 8.60. The highest BCUT2D eigenvalue weighted by Crippen LogP contribution is 2.28. The molecule has 2 heterocycles. The van der Waals surface area contributed by atoms with Crippen LogP contribution in [0.1, 0.15) is 40.5 Å². The number of rotatable bonds is 6. The Hall–Kier alpha value is -2.64. The SMILES string of the molecule is COc1cccc(C(C)NC(=O)c2ccc(C3CNNC3)c(OC)c2)n1. The lowest BCUT2D eigenvalue weighted by atomic mass is 9.97. The van der Waals surface area contributed by atoms with E-state index in [4.69, 9.17) is 9.47 Å². The van der Waals surface area contributed by atoms with Gasteiger partial charge in [0.1, 0.15) is 5.75 Å². The smallest absolute Gasteiger partial charge is 0.251 e. The lowest BCUT2D eigenvalue weighted by molar-refractivity contribution is 0.0938. The van der Waals surface area contributed by atoms with Crippen molar-refractivity contribution in [2.24, 2.45) is 0 Å². The molecule has 3 N–H and O–H groups in total. The number of nitrogens with zero attached hydrogens (tertiary/aromatic N) is 1. The van der Waals surface area contributed by atoms with Crippen LogP contribution in [-0.2, 0) is 0 Å². The average molecular weight is 356 g/mol. The topological polar surface area (TPSA) is 84.5 Å². The first-order valence-electron chi connectivity index (χ1n) is 8.58. The molecule has 1 amide bonds. The lowest BCUT2D eigenvalue weighted by Crippen LogP contribution is -2.27. The van der Waals surface area contributed by atoms with Gasteiger partial charge in [0.2, 0.25) is 5.88 Å². The highest BCUT2D eigenvalue weighted by atomic mass is 16.5. The van der Waals surface area contributed by atoms with E-state index < -0.39 is 0 Å². The van der Waals surface area contributed by atoms with Gasteiger partial charge in [0, 0.05) is 30.6 Å². The van der Waals surface area contributed by atoms with Gasteiger partial charge in [-0.25, -0.2) is 4.98 Å². The molecule has 1 aliphatic heterocycles. The lowest BCUT2D eigenvalue weighted by Gasteiger charge is -2.17. The summed E-state index contributed by atoms with van der Waals surface area (Å²) < 4.78 is 10.6. The molecule has 1 fully saturated rings. The molecule has 0 aliphatic carbocycles. The van der Waals surface area contributed by atoms with Crippen molar-refractivity contribution in [1.82, 2.24) is 21.2 Å². The van der Waals surface area contributed by atoms with Gasteiger partial charge < -0.3 is 14.8 Å². The van der Waals surface area contributed by atoms with Gasteiger partial charge in [0.15, 0.2) is 0 Å². The monoisotopic (exact) mass is 356 g/mol. The van der Waals surface area contributed by atoms with E-state index in [-0.39, 0.29) is 11.9 Å². The number of methoxy groups -OCH3 is 2. The molecule has 7 heteroatoms. The number of carbonyl (C=O) groups is 1. The fraction of sp³-hybridized carbons (Fsp3) is 0.368. The Kier molecular flexibility index (Phi) is 5.70. The van der Waals surface area contributed by atoms with E-state index in [0.717, 1.165) is 30.1 Å². The number of aromatic nitrogens is 1. The molecule has 1 aromatic carbocycles. The van der Waals surface area contributed by atoms with E-state index in [1.54, 1.807) is 26.4 Å². The minimum atomic E-state index is -0.244. The van der Waals surface area contributed by atoms with Crippen LogP contribution in [-0.4, -0.2) is 38.2 Å². The Morgan fingerprint density at radius 2 is 1.96 bits per heavy atom. The zero-order chi connectivity index (χ0) is 18.5. The van der Waals surface area contributed by atoms with Gasteiger partial charge in [0.05, 0.1) is 26.0 Å². The summed E-state index contributed by atoms with van der Waals surface area (Å²) in [6, 6.07) is 10.8. The molecular weight excluding hydrogens is 332 g/mol. The summed E-state index contributed by atoms with van der Waals surface area (Å²) in [5.74, 6) is 1.39. The number of nitrogens with one attached hydrogen (secondary N) is 3. The average Bonchev–Trinajstić information content (AvgIpc) is 3.22. The van der Waals surface area contributed by atoms with E-state index in [0.29, 0.717) is 17.4 Å². The second-order valence-corrected chi connectivity index (χ2v) is 6.22. The van der Waals surface area contributed by atoms with Gasteiger partial charge in [-0.3, -0.25) is 15.6 Å². The summed E-state index contributed by atoms with van der Waals surface area (Å²) in [6.45, 7) is 3.56. The van der Waals surface area contributed by atoms with Gasteiger partial charge in [0.25, 0.3) is 5.91 Å². The van der Waals surface area contributed by atoms with Gasteiger partial charge in [-0.1, -0.05) is 12.1 Å². The van der Waals surface area contributed by atoms with Crippen molar-refractivity contribution in [1.29, 1.82) is 0 Å². The number of ether oxygens (including phenoxy) is 2. The third-order valence-electron chi connectivity index (χ3n) is 4.50. The number of carbonyl (C=O) groups excluding carboxylic acids is 1. The first kappa shape index (κ1) is 18.2. The number of amides is 1. The van der Waals surface area contributed by atoms with Crippen molar-refractivity contribution >= 4 is 5.91 Å². The maximum atomic E-state index is 12.6. The molecule has 1 saturated heterocycles. The molecule has 138 valence electrons. The summed E-state index contributed by atoms with van der Waals surface area (Å²) in [7, 11) is 3.19. The van der Waals surface area contributed by atoms with Crippen molar-refractivity contribution in [2.75, 3.05) is 27.3 Å². The van der Waals surface area contributed by atoms with Crippen LogP contribution >= 0.6 is 0 Å². The number of pyridine rings is 1. The predicted octanol–water partition coefficient (Wildman–Crippen LogP) is 1.78. The Morgan fingerprint density at radius 1 is 1.19 bits per heavy atom. The van der Waals surface area contributed by atoms with Crippen molar-refractivity contribution in [3.63, 3.8) is 0 Å². The van der Waals surface area contributed by atoms with Crippen molar-refractivity contribution in [2.45, 2.75) is 18.9 Å². The number of benzene rings is 1. The van der Waals surface area contributed by atoms with Crippen molar-refractivity contribution < 1.29 is 14.3 Å². The van der Waals surface area contributed by atoms with Crippen molar-refractivity contribution in [3.05, 3.63) is 53.2 Å². The van der Waals surface area contributed by atoms with Crippen LogP contribution in [0.4, 0.5) is 0 Å². The van der Waals surface area contributed by atoms with Crippen LogP contribution in [0.15, 0.2) is 36.4 Å². The Bertz CT molecular complexity index is 775. The highest BCUT2D eigenvalue weighted by molar-refractivity contribution is 5.95. The molecule has 1 aliphatic rings. The van der Waals surface area contributed by atoms with Gasteiger partial charge >= 0.3 is 0 Å². The first-order chi connectivity index (χ1) is 12.6. The third kappa shape index (κ3) is 3.95. The molecule has 0 spiro atoms. The van der Waals surface area contributed by atoms with Crippen molar-refractivity contribution in [3.8, 4) is 11.6 Å². The van der Waals surface area contributed by atoms with Crippen LogP contribution in [0.2, 0.25) is 0 Å². The number of hydrogen-bond donors (Lipinski definition) is 3. The molecule has 0 radical (unpaired) electrons. The third-order valence-corrected chi connectivity index (χ3v) is 4.50. The maximum absolute atomic E-state index is 12.6. The number of hydrogen-bond acceptors (Lipinski definition) is 6. The normalized spacial score (nSPS) is 15.5. The Morgan fingerprint density at radius 3 is 2.65 bits per heavy atom. The van der Waals surface area contributed by atoms with Crippen LogP contribution in [0, 0.1) is 0 Å². The van der Waals surface area contributed by atoms with Gasteiger partial charge in [-0.15, -0.1) is 0 Å². The summed E-state index contributed by atoms with van der Waals surface area (Å²) >= 11 is 0. The summed E-state index contributed by atoms with van der Waals surface area (Å²) in [6.07, 6.45) is 0. The minimum absolute atomic E-state index is 0.172. The Labute approximate surface area is 153 Å². The second kappa shape index (κ2) is 8.16. The van der Waals surface area contributed by atoms with E-state index in [2.05, 4.69) is 21.2 Å². The largest absolute Gasteiger partial charge is 0.496 e. The summed E-state index contributed by atoms with van der Waals surface area (Å²) in [5, 5.41) is 2.97. The zero-order valence-electron chi connectivity index (χ0n) is 15.2. The molecule has 3 rings (SSSR count). The van der Waals surface area contributed by atoms with Gasteiger partial charge in [-0.05, 0) is 30.7 Å². The fourth-order valence-electron chi connectivity index (χ4n) is 3.01. The molecule has 1 unspecified atom stereocenters. The van der Waals surface area contributed by atoms with E-state index in [1.807, 2.05) is 31.2 Å². The van der Waals surface area contributed by atoms with E-state index >= 15 is 0 Å². The summed E-state index contributed by atoms with van der Waals surface area (Å²) in [4.78, 5) is 17.0. The predicted molar refractivity (Wildman–Crippen MR) is 98.4 cm³/mol. The molecule has 0 saturated carbocycles.